The Hall–Kier alpha value is -0.680. The van der Waals surface area contributed by atoms with Gasteiger partial charge in [0, 0.05) is 7.05 Å². The molecular formula is C4H4ClN2. The van der Waals surface area contributed by atoms with E-state index in [2.05, 4.69) is 5.32 Å². The summed E-state index contributed by atoms with van der Waals surface area (Å²) < 4.78 is 0. The third kappa shape index (κ3) is 3.14. The van der Waals surface area contributed by atoms with Crippen molar-refractivity contribution in [3.8, 4) is 6.07 Å². The highest BCUT2D eigenvalue weighted by atomic mass is 35.5. The molecule has 0 fully saturated rings. The summed E-state index contributed by atoms with van der Waals surface area (Å²) >= 11 is 5.17. The summed E-state index contributed by atoms with van der Waals surface area (Å²) in [7, 11) is 1.56. The second kappa shape index (κ2) is 3.51. The lowest BCUT2D eigenvalue weighted by Crippen LogP contribution is -1.80. The van der Waals surface area contributed by atoms with Crippen molar-refractivity contribution in [2.45, 2.75) is 0 Å². The first-order chi connectivity index (χ1) is 3.31. The summed E-state index contributed by atoms with van der Waals surface area (Å²) in [4.78, 5) is 0. The van der Waals surface area contributed by atoms with Crippen LogP contribution in [0.4, 0.5) is 0 Å². The molecule has 0 aromatic rings. The van der Waals surface area contributed by atoms with Gasteiger partial charge in [0.25, 0.3) is 0 Å². The molecule has 37 valence electrons. The summed E-state index contributed by atoms with van der Waals surface area (Å²) in [5.41, 5.74) is 0. The second-order valence-corrected chi connectivity index (χ2v) is 1.25. The highest BCUT2D eigenvalue weighted by molar-refractivity contribution is 6.31. The monoisotopic (exact) mass is 115 g/mol. The van der Waals surface area contributed by atoms with Crippen LogP contribution in [0, 0.1) is 11.3 Å². The molecule has 0 N–H and O–H groups in total. The zero-order valence-corrected chi connectivity index (χ0v) is 4.61. The smallest absolute Gasteiger partial charge is 0.136 e. The maximum Gasteiger partial charge on any atom is 0.136 e. The van der Waals surface area contributed by atoms with Crippen LogP contribution in [0.2, 0.25) is 0 Å². The maximum absolute atomic E-state index is 7.96. The summed E-state index contributed by atoms with van der Waals surface area (Å²) in [6.07, 6.45) is 1.29. The van der Waals surface area contributed by atoms with E-state index in [0.29, 0.717) is 0 Å². The van der Waals surface area contributed by atoms with Crippen LogP contribution in [0.25, 0.3) is 0 Å². The summed E-state index contributed by atoms with van der Waals surface area (Å²) in [6.45, 7) is 0. The van der Waals surface area contributed by atoms with E-state index in [9.17, 15) is 0 Å². The number of nitrogens with zero attached hydrogens (tertiary/aromatic N) is 2. The van der Waals surface area contributed by atoms with Gasteiger partial charge in [0.1, 0.15) is 11.1 Å². The molecule has 1 radical (unpaired) electrons. The van der Waals surface area contributed by atoms with E-state index in [0.717, 1.165) is 0 Å². The van der Waals surface area contributed by atoms with Gasteiger partial charge in [0.2, 0.25) is 0 Å². The van der Waals surface area contributed by atoms with Crippen molar-refractivity contribution >= 4 is 11.6 Å². The molecule has 0 saturated heterocycles. The van der Waals surface area contributed by atoms with Crippen molar-refractivity contribution < 1.29 is 0 Å². The van der Waals surface area contributed by atoms with Gasteiger partial charge in [-0.2, -0.15) is 5.26 Å². The molecule has 0 spiro atoms. The number of rotatable bonds is 1. The minimum atomic E-state index is 0.113. The number of nitriles is 1. The molecule has 7 heavy (non-hydrogen) atoms. The van der Waals surface area contributed by atoms with Crippen molar-refractivity contribution in [1.29, 1.82) is 5.26 Å². The minimum absolute atomic E-state index is 0.113. The van der Waals surface area contributed by atoms with Gasteiger partial charge in [-0.05, 0) is 0 Å². The molecule has 0 atom stereocenters. The van der Waals surface area contributed by atoms with Gasteiger partial charge in [-0.15, -0.1) is 0 Å². The van der Waals surface area contributed by atoms with Gasteiger partial charge < -0.3 is 0 Å². The van der Waals surface area contributed by atoms with Gasteiger partial charge in [0.15, 0.2) is 0 Å². The zero-order valence-electron chi connectivity index (χ0n) is 3.85. The molecule has 0 rings (SSSR count). The molecule has 0 heterocycles. The van der Waals surface area contributed by atoms with E-state index in [1.54, 1.807) is 13.1 Å². The zero-order chi connectivity index (χ0) is 5.70. The fourth-order valence-corrected chi connectivity index (χ4v) is 0.240. The van der Waals surface area contributed by atoms with Crippen LogP contribution in [0.3, 0.4) is 0 Å². The van der Waals surface area contributed by atoms with E-state index in [4.69, 9.17) is 16.9 Å². The lowest BCUT2D eigenvalue weighted by atomic mass is 10.7. The predicted octanol–water partition coefficient (Wildman–Crippen LogP) is 0.824. The number of halogens is 1. The fraction of sp³-hybridized carbons (Fsp3) is 0.250. The van der Waals surface area contributed by atoms with Gasteiger partial charge >= 0.3 is 0 Å². The van der Waals surface area contributed by atoms with Gasteiger partial charge in [-0.1, -0.05) is 11.6 Å². The molecule has 3 heteroatoms. The number of hydrogen-bond donors (Lipinski definition) is 0. The summed E-state index contributed by atoms with van der Waals surface area (Å²) in [5, 5.41) is 11.6. The Morgan fingerprint density at radius 1 is 2.00 bits per heavy atom. The quantitative estimate of drug-likeness (QED) is 0.467. The van der Waals surface area contributed by atoms with Crippen LogP contribution < -0.4 is 5.32 Å². The molecule has 0 saturated carbocycles. The first kappa shape index (κ1) is 6.32. The van der Waals surface area contributed by atoms with Crippen LogP contribution in [0.15, 0.2) is 11.2 Å². The third-order valence-electron chi connectivity index (χ3n) is 0.349. The van der Waals surface area contributed by atoms with Crippen molar-refractivity contribution in [2.24, 2.45) is 0 Å². The lowest BCUT2D eigenvalue weighted by Gasteiger charge is -1.76. The number of hydrogen-bond acceptors (Lipinski definition) is 1. The van der Waals surface area contributed by atoms with E-state index >= 15 is 0 Å². The Labute approximate surface area is 47.4 Å². The first-order valence-electron chi connectivity index (χ1n) is 1.66. The van der Waals surface area contributed by atoms with Gasteiger partial charge in [0.05, 0.1) is 6.20 Å². The normalized spacial score (nSPS) is 10.1. The molecule has 0 aromatic carbocycles. The van der Waals surface area contributed by atoms with E-state index < -0.39 is 0 Å². The van der Waals surface area contributed by atoms with Crippen molar-refractivity contribution in [3.05, 3.63) is 11.2 Å². The van der Waals surface area contributed by atoms with Gasteiger partial charge in [-0.3, -0.25) is 5.32 Å². The topological polar surface area (TPSA) is 37.9 Å². The Morgan fingerprint density at radius 2 is 2.57 bits per heavy atom. The van der Waals surface area contributed by atoms with Crippen LogP contribution in [0.5, 0.6) is 0 Å². The molecule has 0 aliphatic heterocycles. The average molecular weight is 116 g/mol. The molecule has 0 bridgehead atoms. The standard InChI is InChI=1S/C4H4ClN2/c1-7-3-4(5)2-6/h3H,1H3. The molecule has 0 aromatic heterocycles. The summed E-state index contributed by atoms with van der Waals surface area (Å²) in [5.74, 6) is 0. The minimum Gasteiger partial charge on any atom is -0.294 e. The van der Waals surface area contributed by atoms with E-state index in [1.807, 2.05) is 0 Å². The average Bonchev–Trinajstić information content (AvgIpc) is 1.68. The van der Waals surface area contributed by atoms with Crippen LogP contribution >= 0.6 is 11.6 Å². The van der Waals surface area contributed by atoms with Gasteiger partial charge in [-0.25, -0.2) is 0 Å². The molecule has 0 aliphatic rings. The Balaban J connectivity index is 3.57. The molecular weight excluding hydrogens is 112 g/mol. The largest absolute Gasteiger partial charge is 0.294 e. The Morgan fingerprint density at radius 3 is 2.71 bits per heavy atom. The number of allylic oxidation sites excluding steroid dienone is 1. The second-order valence-electron chi connectivity index (χ2n) is 0.847. The predicted molar refractivity (Wildman–Crippen MR) is 27.6 cm³/mol. The Bertz CT molecular complexity index is 111. The van der Waals surface area contributed by atoms with Crippen LogP contribution in [-0.4, -0.2) is 7.05 Å². The molecule has 0 unspecified atom stereocenters. The van der Waals surface area contributed by atoms with Crippen molar-refractivity contribution in [2.75, 3.05) is 7.05 Å². The Kier molecular flexibility index (Phi) is 3.17. The van der Waals surface area contributed by atoms with Crippen LogP contribution in [0.1, 0.15) is 0 Å². The lowest BCUT2D eigenvalue weighted by molar-refractivity contribution is 1.08. The van der Waals surface area contributed by atoms with Crippen molar-refractivity contribution in [3.63, 3.8) is 0 Å². The summed E-state index contributed by atoms with van der Waals surface area (Å²) in [6, 6.07) is 1.70. The molecule has 0 aliphatic carbocycles. The fourth-order valence-electron chi connectivity index (χ4n) is 0.142. The highest BCUT2D eigenvalue weighted by Gasteiger charge is 1.80. The maximum atomic E-state index is 7.96. The molecule has 0 amide bonds. The van der Waals surface area contributed by atoms with Crippen molar-refractivity contribution in [1.82, 2.24) is 5.32 Å². The molecule has 2 nitrogen and oxygen atoms in total. The van der Waals surface area contributed by atoms with E-state index in [1.165, 1.54) is 6.20 Å². The highest BCUT2D eigenvalue weighted by Crippen LogP contribution is 1.93. The SMILES string of the molecule is C[N]C=C(Cl)C#N. The first-order valence-corrected chi connectivity index (χ1v) is 2.03. The van der Waals surface area contributed by atoms with Crippen LogP contribution in [-0.2, 0) is 0 Å². The third-order valence-corrected chi connectivity index (χ3v) is 0.531. The van der Waals surface area contributed by atoms with E-state index in [-0.39, 0.29) is 5.03 Å².